The maximum Gasteiger partial charge on any atom is 0.240 e. The average molecular weight is 290 g/mol. The van der Waals surface area contributed by atoms with E-state index < -0.39 is 0 Å². The van der Waals surface area contributed by atoms with Crippen LogP contribution in [-0.2, 0) is 4.79 Å². The molecule has 0 bridgehead atoms. The Labute approximate surface area is 127 Å². The first kappa shape index (κ1) is 15.8. The molecular formula is C16H26N4O. The van der Waals surface area contributed by atoms with Crippen molar-refractivity contribution in [3.05, 3.63) is 24.3 Å². The smallest absolute Gasteiger partial charge is 0.240 e. The number of carbonyl (C=O) groups is 1. The number of carbonyl (C=O) groups excluding carboxylic acids is 1. The molecule has 2 rings (SSSR count). The van der Waals surface area contributed by atoms with Gasteiger partial charge in [-0.2, -0.15) is 0 Å². The van der Waals surface area contributed by atoms with Crippen molar-refractivity contribution in [1.29, 1.82) is 0 Å². The molecule has 1 aromatic carbocycles. The van der Waals surface area contributed by atoms with Crippen LogP contribution in [0.15, 0.2) is 24.3 Å². The average Bonchev–Trinajstić information content (AvgIpc) is 2.98. The molecule has 1 saturated heterocycles. The van der Waals surface area contributed by atoms with Crippen molar-refractivity contribution in [2.45, 2.75) is 12.8 Å². The molecule has 0 radical (unpaired) electrons. The van der Waals surface area contributed by atoms with Crippen LogP contribution in [0.3, 0.4) is 0 Å². The van der Waals surface area contributed by atoms with E-state index in [9.17, 15) is 4.79 Å². The number of nitrogens with two attached hydrogens (primary N) is 1. The number of hydrogen-bond acceptors (Lipinski definition) is 4. The molecule has 1 aromatic rings. The molecule has 116 valence electrons. The highest BCUT2D eigenvalue weighted by Gasteiger charge is 2.15. The Morgan fingerprint density at radius 1 is 1.19 bits per heavy atom. The zero-order valence-electron chi connectivity index (χ0n) is 13.1. The normalized spacial score (nSPS) is 15.6. The lowest BCUT2D eigenvalue weighted by atomic mass is 10.2. The molecule has 0 aromatic heterocycles. The lowest BCUT2D eigenvalue weighted by Crippen LogP contribution is -2.39. The minimum absolute atomic E-state index is 0.101. The van der Waals surface area contributed by atoms with E-state index in [0.717, 1.165) is 18.8 Å². The predicted molar refractivity (Wildman–Crippen MR) is 87.4 cm³/mol. The molecule has 1 aliphatic rings. The van der Waals surface area contributed by atoms with Gasteiger partial charge in [-0.05, 0) is 57.2 Å². The minimum atomic E-state index is 0.101. The Morgan fingerprint density at radius 2 is 1.81 bits per heavy atom. The van der Waals surface area contributed by atoms with E-state index in [4.69, 9.17) is 5.73 Å². The highest BCUT2D eigenvalue weighted by Crippen LogP contribution is 2.15. The molecular weight excluding hydrogens is 264 g/mol. The third kappa shape index (κ3) is 4.72. The second-order valence-electron chi connectivity index (χ2n) is 5.83. The molecule has 1 fully saturated rings. The summed E-state index contributed by atoms with van der Waals surface area (Å²) in [5, 5.41) is 0. The van der Waals surface area contributed by atoms with Crippen LogP contribution in [0.2, 0.25) is 0 Å². The maximum absolute atomic E-state index is 12.3. The van der Waals surface area contributed by atoms with Crippen LogP contribution >= 0.6 is 0 Å². The van der Waals surface area contributed by atoms with Crippen molar-refractivity contribution in [1.82, 2.24) is 9.80 Å². The number of likely N-dealkylation sites (N-methyl/N-ethyl adjacent to an activating group) is 2. The molecule has 0 atom stereocenters. The predicted octanol–water partition coefficient (Wildman–Crippen LogP) is 1.26. The molecule has 1 amide bonds. The number of rotatable bonds is 6. The first-order valence-electron chi connectivity index (χ1n) is 7.59. The van der Waals surface area contributed by atoms with Crippen LogP contribution in [-0.4, -0.2) is 62.5 Å². The minimum Gasteiger partial charge on any atom is -0.399 e. The Morgan fingerprint density at radius 3 is 2.43 bits per heavy atom. The molecule has 1 heterocycles. The summed E-state index contributed by atoms with van der Waals surface area (Å²) in [4.78, 5) is 18.5. The lowest BCUT2D eigenvalue weighted by molar-refractivity contribution is -0.119. The van der Waals surface area contributed by atoms with E-state index in [1.807, 2.05) is 38.4 Å². The maximum atomic E-state index is 12.3. The van der Waals surface area contributed by atoms with Crippen LogP contribution < -0.4 is 10.6 Å². The summed E-state index contributed by atoms with van der Waals surface area (Å²) in [6.07, 6.45) is 2.62. The van der Waals surface area contributed by atoms with Crippen LogP contribution in [0, 0.1) is 0 Å². The van der Waals surface area contributed by atoms with Crippen LogP contribution in [0.1, 0.15) is 12.8 Å². The SMILES string of the molecule is CN(CCN1CCCC1)CC(=O)N(C)c1ccc(N)cc1. The molecule has 0 aliphatic carbocycles. The Bertz CT molecular complexity index is 454. The van der Waals surface area contributed by atoms with Gasteiger partial charge in [0.05, 0.1) is 6.54 Å². The molecule has 5 nitrogen and oxygen atoms in total. The Balaban J connectivity index is 1.78. The highest BCUT2D eigenvalue weighted by molar-refractivity contribution is 5.94. The monoisotopic (exact) mass is 290 g/mol. The van der Waals surface area contributed by atoms with Gasteiger partial charge in [-0.25, -0.2) is 0 Å². The second-order valence-corrected chi connectivity index (χ2v) is 5.83. The third-order valence-corrected chi connectivity index (χ3v) is 4.06. The Hall–Kier alpha value is -1.59. The summed E-state index contributed by atoms with van der Waals surface area (Å²) in [5.41, 5.74) is 7.25. The Kier molecular flexibility index (Phi) is 5.59. The fourth-order valence-corrected chi connectivity index (χ4v) is 2.58. The molecule has 1 aliphatic heterocycles. The zero-order valence-corrected chi connectivity index (χ0v) is 13.1. The van der Waals surface area contributed by atoms with E-state index in [0.29, 0.717) is 12.2 Å². The first-order chi connectivity index (χ1) is 10.1. The van der Waals surface area contributed by atoms with Crippen molar-refractivity contribution < 1.29 is 4.79 Å². The summed E-state index contributed by atoms with van der Waals surface area (Å²) in [6, 6.07) is 7.38. The number of benzene rings is 1. The summed E-state index contributed by atoms with van der Waals surface area (Å²) >= 11 is 0. The van der Waals surface area contributed by atoms with Crippen LogP contribution in [0.4, 0.5) is 11.4 Å². The van der Waals surface area contributed by atoms with Gasteiger partial charge < -0.3 is 15.5 Å². The van der Waals surface area contributed by atoms with Crippen molar-refractivity contribution in [3.8, 4) is 0 Å². The van der Waals surface area contributed by atoms with Gasteiger partial charge in [0.15, 0.2) is 0 Å². The molecule has 5 heteroatoms. The van der Waals surface area contributed by atoms with Crippen molar-refractivity contribution in [2.75, 3.05) is 57.5 Å². The number of hydrogen-bond donors (Lipinski definition) is 1. The fourth-order valence-electron chi connectivity index (χ4n) is 2.58. The van der Waals surface area contributed by atoms with Gasteiger partial charge in [0.25, 0.3) is 0 Å². The fraction of sp³-hybridized carbons (Fsp3) is 0.562. The van der Waals surface area contributed by atoms with Crippen molar-refractivity contribution >= 4 is 17.3 Å². The number of nitrogens with zero attached hydrogens (tertiary/aromatic N) is 3. The summed E-state index contributed by atoms with van der Waals surface area (Å²) in [6.45, 7) is 4.83. The van der Waals surface area contributed by atoms with Gasteiger partial charge in [0.1, 0.15) is 0 Å². The van der Waals surface area contributed by atoms with Gasteiger partial charge in [0.2, 0.25) is 5.91 Å². The first-order valence-corrected chi connectivity index (χ1v) is 7.59. The van der Waals surface area contributed by atoms with E-state index in [2.05, 4.69) is 9.80 Å². The molecule has 2 N–H and O–H groups in total. The summed E-state index contributed by atoms with van der Waals surface area (Å²) in [5.74, 6) is 0.101. The van der Waals surface area contributed by atoms with Crippen LogP contribution in [0.25, 0.3) is 0 Å². The molecule has 0 saturated carbocycles. The summed E-state index contributed by atoms with van der Waals surface area (Å²) in [7, 11) is 3.81. The quantitative estimate of drug-likeness (QED) is 0.801. The summed E-state index contributed by atoms with van der Waals surface area (Å²) < 4.78 is 0. The van der Waals surface area contributed by atoms with Crippen molar-refractivity contribution in [3.63, 3.8) is 0 Å². The molecule has 21 heavy (non-hydrogen) atoms. The van der Waals surface area contributed by atoms with Gasteiger partial charge in [-0.15, -0.1) is 0 Å². The number of likely N-dealkylation sites (tertiary alicyclic amines) is 1. The highest BCUT2D eigenvalue weighted by atomic mass is 16.2. The third-order valence-electron chi connectivity index (χ3n) is 4.06. The zero-order chi connectivity index (χ0) is 15.2. The molecule has 0 spiro atoms. The number of nitrogen functional groups attached to an aromatic ring is 1. The van der Waals surface area contributed by atoms with E-state index in [1.165, 1.54) is 25.9 Å². The number of amides is 1. The second kappa shape index (κ2) is 7.43. The lowest BCUT2D eigenvalue weighted by Gasteiger charge is -2.24. The van der Waals surface area contributed by atoms with Gasteiger partial charge in [-0.1, -0.05) is 0 Å². The van der Waals surface area contributed by atoms with Crippen LogP contribution in [0.5, 0.6) is 0 Å². The van der Waals surface area contributed by atoms with Crippen molar-refractivity contribution in [2.24, 2.45) is 0 Å². The largest absolute Gasteiger partial charge is 0.399 e. The van der Waals surface area contributed by atoms with Gasteiger partial charge in [0, 0.05) is 31.5 Å². The molecule has 0 unspecified atom stereocenters. The standard InChI is InChI=1S/C16H26N4O/c1-18(11-12-20-9-3-4-10-20)13-16(21)19(2)15-7-5-14(17)6-8-15/h5-8H,3-4,9-13,17H2,1-2H3. The van der Waals surface area contributed by atoms with E-state index >= 15 is 0 Å². The van der Waals surface area contributed by atoms with Gasteiger partial charge >= 0.3 is 0 Å². The van der Waals surface area contributed by atoms with Gasteiger partial charge in [-0.3, -0.25) is 9.69 Å². The number of anilines is 2. The van der Waals surface area contributed by atoms with E-state index in [1.54, 1.807) is 4.90 Å². The van der Waals surface area contributed by atoms with E-state index in [-0.39, 0.29) is 5.91 Å². The topological polar surface area (TPSA) is 52.8 Å².